The van der Waals surface area contributed by atoms with Gasteiger partial charge in [-0.05, 0) is 41.8 Å². The van der Waals surface area contributed by atoms with Crippen LogP contribution in [0.1, 0.15) is 11.1 Å². The summed E-state index contributed by atoms with van der Waals surface area (Å²) < 4.78 is 32.4. The second kappa shape index (κ2) is 11.9. The van der Waals surface area contributed by atoms with E-state index in [1.165, 1.54) is 27.4 Å². The van der Waals surface area contributed by atoms with Crippen LogP contribution in [0.25, 0.3) is 0 Å². The molecule has 2 saturated heterocycles. The molecule has 2 aliphatic rings. The molecule has 214 valence electrons. The van der Waals surface area contributed by atoms with Crippen LogP contribution in [-0.4, -0.2) is 102 Å². The molecule has 4 rings (SSSR count). The molecule has 2 heterocycles. The summed E-state index contributed by atoms with van der Waals surface area (Å²) in [6.07, 6.45) is -6.98. The van der Waals surface area contributed by atoms with Gasteiger partial charge in [0.05, 0.1) is 34.5 Å². The molecule has 2 aliphatic heterocycles. The Morgan fingerprint density at radius 1 is 0.872 bits per heavy atom. The first-order valence-corrected chi connectivity index (χ1v) is 12.4. The molecule has 0 aromatic heterocycles. The molecule has 5 N–H and O–H groups in total. The van der Waals surface area contributed by atoms with Gasteiger partial charge in [-0.25, -0.2) is 4.79 Å². The molecule has 7 atom stereocenters. The van der Waals surface area contributed by atoms with Gasteiger partial charge in [0.15, 0.2) is 28.6 Å². The number of benzene rings is 2. The molecule has 2 aromatic carbocycles. The van der Waals surface area contributed by atoms with Gasteiger partial charge in [0.2, 0.25) is 6.29 Å². The first-order valence-electron chi connectivity index (χ1n) is 12.4. The van der Waals surface area contributed by atoms with Crippen LogP contribution >= 0.6 is 0 Å². The van der Waals surface area contributed by atoms with Gasteiger partial charge >= 0.3 is 5.97 Å². The first-order chi connectivity index (χ1) is 18.6. The highest BCUT2D eigenvalue weighted by Gasteiger charge is 2.51. The molecular weight excluding hydrogens is 516 g/mol. The Morgan fingerprint density at radius 2 is 1.49 bits per heavy atom. The zero-order valence-electron chi connectivity index (χ0n) is 21.9. The van der Waals surface area contributed by atoms with E-state index >= 15 is 0 Å². The SMILES string of the molecule is COc1ccc(CC2COC(=O)[C@]2(O)Cc2ccc(O[C@@H]3O[C@H](CO)[C@@H](O)[C@@H](O)[C@H]3O)c(OC)c2)cc1OC. The zero-order valence-corrected chi connectivity index (χ0v) is 21.9. The van der Waals surface area contributed by atoms with E-state index in [0.717, 1.165) is 5.56 Å². The van der Waals surface area contributed by atoms with Gasteiger partial charge in [-0.2, -0.15) is 0 Å². The van der Waals surface area contributed by atoms with Crippen LogP contribution in [0.2, 0.25) is 0 Å². The van der Waals surface area contributed by atoms with Crippen LogP contribution in [0.4, 0.5) is 0 Å². The maximum absolute atomic E-state index is 12.7. The molecule has 2 aromatic rings. The second-order valence-electron chi connectivity index (χ2n) is 9.59. The van der Waals surface area contributed by atoms with E-state index in [1.807, 2.05) is 6.07 Å². The fourth-order valence-corrected chi connectivity index (χ4v) is 4.86. The number of aliphatic hydroxyl groups excluding tert-OH is 4. The summed E-state index contributed by atoms with van der Waals surface area (Å²) in [5.41, 5.74) is -0.431. The van der Waals surface area contributed by atoms with Crippen molar-refractivity contribution >= 4 is 5.97 Å². The van der Waals surface area contributed by atoms with Gasteiger partial charge in [-0.15, -0.1) is 0 Å². The molecule has 12 heteroatoms. The Hall–Kier alpha value is -3.13. The highest BCUT2D eigenvalue weighted by molar-refractivity contribution is 5.82. The highest BCUT2D eigenvalue weighted by atomic mass is 16.7. The molecule has 0 aliphatic carbocycles. The number of carbonyl (C=O) groups excluding carboxylic acids is 1. The van der Waals surface area contributed by atoms with E-state index in [-0.39, 0.29) is 24.5 Å². The smallest absolute Gasteiger partial charge is 0.338 e. The summed E-state index contributed by atoms with van der Waals surface area (Å²) >= 11 is 0. The topological polar surface area (TPSA) is 174 Å². The van der Waals surface area contributed by atoms with Crippen LogP contribution in [0.15, 0.2) is 36.4 Å². The number of aliphatic hydroxyl groups is 5. The third-order valence-electron chi connectivity index (χ3n) is 7.17. The number of hydrogen-bond donors (Lipinski definition) is 5. The van der Waals surface area contributed by atoms with Gasteiger partial charge < -0.3 is 54.0 Å². The molecule has 0 spiro atoms. The van der Waals surface area contributed by atoms with Gasteiger partial charge in [0.1, 0.15) is 24.4 Å². The molecule has 39 heavy (non-hydrogen) atoms. The monoisotopic (exact) mass is 550 g/mol. The molecular formula is C27H34O12. The van der Waals surface area contributed by atoms with Crippen molar-refractivity contribution in [3.8, 4) is 23.0 Å². The van der Waals surface area contributed by atoms with Crippen molar-refractivity contribution in [1.82, 2.24) is 0 Å². The minimum absolute atomic E-state index is 0.0408. The van der Waals surface area contributed by atoms with Crippen LogP contribution in [-0.2, 0) is 27.1 Å². The number of rotatable bonds is 10. The Labute approximate surface area is 225 Å². The van der Waals surface area contributed by atoms with Gasteiger partial charge in [0, 0.05) is 12.3 Å². The summed E-state index contributed by atoms with van der Waals surface area (Å²) in [6, 6.07) is 10.1. The Kier molecular flexibility index (Phi) is 8.84. The molecule has 0 saturated carbocycles. The number of cyclic esters (lactones) is 1. The summed E-state index contributed by atoms with van der Waals surface area (Å²) in [4.78, 5) is 12.7. The standard InChI is InChI=1S/C27H34O12/c1-34-17-6-4-14(9-19(17)35-2)8-16-13-37-26(32)27(16,33)11-15-5-7-18(20(10-15)36-3)38-25-24(31)23(30)22(29)21(12-28)39-25/h4-7,9-10,16,21-25,28-31,33H,8,11-13H2,1-3H3/t16?,21-,22-,23-,24-,25-,27+/m1/s1. The van der Waals surface area contributed by atoms with Crippen LogP contribution in [0.3, 0.4) is 0 Å². The fraction of sp³-hybridized carbons (Fsp3) is 0.519. The van der Waals surface area contributed by atoms with Gasteiger partial charge in [0.25, 0.3) is 0 Å². The number of methoxy groups -OCH3 is 3. The quantitative estimate of drug-likeness (QED) is 0.242. The van der Waals surface area contributed by atoms with Crippen LogP contribution in [0, 0.1) is 5.92 Å². The van der Waals surface area contributed by atoms with Crippen molar-refractivity contribution in [2.45, 2.75) is 49.1 Å². The van der Waals surface area contributed by atoms with E-state index < -0.39 is 54.8 Å². The van der Waals surface area contributed by atoms with E-state index in [2.05, 4.69) is 0 Å². The predicted molar refractivity (Wildman–Crippen MR) is 134 cm³/mol. The van der Waals surface area contributed by atoms with Gasteiger partial charge in [-0.3, -0.25) is 0 Å². The number of ether oxygens (including phenoxy) is 6. The lowest BCUT2D eigenvalue weighted by Crippen LogP contribution is -2.60. The zero-order chi connectivity index (χ0) is 28.3. The average Bonchev–Trinajstić information content (AvgIpc) is 3.21. The lowest BCUT2D eigenvalue weighted by Gasteiger charge is -2.39. The van der Waals surface area contributed by atoms with E-state index in [0.29, 0.717) is 23.5 Å². The number of hydrogen-bond acceptors (Lipinski definition) is 12. The molecule has 1 unspecified atom stereocenters. The normalized spacial score (nSPS) is 30.5. The molecule has 0 amide bonds. The lowest BCUT2D eigenvalue weighted by atomic mass is 9.81. The summed E-state index contributed by atoms with van der Waals surface area (Å²) in [5, 5.41) is 51.2. The molecule has 0 bridgehead atoms. The Bertz CT molecular complexity index is 1150. The van der Waals surface area contributed by atoms with Crippen LogP contribution in [0.5, 0.6) is 23.0 Å². The molecule has 12 nitrogen and oxygen atoms in total. The third kappa shape index (κ3) is 5.76. The van der Waals surface area contributed by atoms with Crippen molar-refractivity contribution in [3.05, 3.63) is 47.5 Å². The molecule has 0 radical (unpaired) electrons. The van der Waals surface area contributed by atoms with Crippen molar-refractivity contribution in [2.75, 3.05) is 34.5 Å². The summed E-state index contributed by atoms with van der Waals surface area (Å²) in [6.45, 7) is -0.556. The Balaban J connectivity index is 1.52. The summed E-state index contributed by atoms with van der Waals surface area (Å²) in [7, 11) is 4.45. The van der Waals surface area contributed by atoms with Crippen molar-refractivity contribution in [2.24, 2.45) is 5.92 Å². The first kappa shape index (κ1) is 28.9. The van der Waals surface area contributed by atoms with E-state index in [4.69, 9.17) is 28.4 Å². The fourth-order valence-electron chi connectivity index (χ4n) is 4.86. The summed E-state index contributed by atoms with van der Waals surface area (Å²) in [5.74, 6) is 0.161. The van der Waals surface area contributed by atoms with Crippen molar-refractivity contribution in [3.63, 3.8) is 0 Å². The largest absolute Gasteiger partial charge is 0.493 e. The predicted octanol–water partition coefficient (Wildman–Crippen LogP) is -0.420. The maximum Gasteiger partial charge on any atom is 0.338 e. The van der Waals surface area contributed by atoms with Crippen molar-refractivity contribution < 1.29 is 58.7 Å². The minimum atomic E-state index is -1.81. The van der Waals surface area contributed by atoms with Crippen LogP contribution < -0.4 is 18.9 Å². The number of carbonyl (C=O) groups is 1. The highest BCUT2D eigenvalue weighted by Crippen LogP contribution is 2.38. The van der Waals surface area contributed by atoms with E-state index in [1.54, 1.807) is 24.3 Å². The second-order valence-corrected chi connectivity index (χ2v) is 9.59. The number of esters is 1. The minimum Gasteiger partial charge on any atom is -0.493 e. The third-order valence-corrected chi connectivity index (χ3v) is 7.17. The van der Waals surface area contributed by atoms with Gasteiger partial charge in [-0.1, -0.05) is 12.1 Å². The maximum atomic E-state index is 12.7. The average molecular weight is 551 g/mol. The lowest BCUT2D eigenvalue weighted by molar-refractivity contribution is -0.277. The van der Waals surface area contributed by atoms with E-state index in [9.17, 15) is 30.3 Å². The molecule has 2 fully saturated rings. The Morgan fingerprint density at radius 3 is 2.15 bits per heavy atom. The van der Waals surface area contributed by atoms with Crippen molar-refractivity contribution in [1.29, 1.82) is 0 Å².